The summed E-state index contributed by atoms with van der Waals surface area (Å²) < 4.78 is 1.08. The zero-order chi connectivity index (χ0) is 12.6. The Labute approximate surface area is 111 Å². The molecule has 1 N–H and O–H groups in total. The first kappa shape index (κ1) is 12.7. The number of aliphatic hydroxyl groups excluding tert-OH is 1. The standard InChI is InChI=1S/C14H18BrNO/c1-10-14(2,3)12-6-5-11(15)9-13(12)16(10)7-4-8-17/h5-6,9,17H,1,4,7-8H2,2-3H3. The summed E-state index contributed by atoms with van der Waals surface area (Å²) in [5, 5.41) is 8.98. The number of benzene rings is 1. The van der Waals surface area contributed by atoms with Gasteiger partial charge in [0.2, 0.25) is 0 Å². The number of hydrogen-bond acceptors (Lipinski definition) is 2. The Kier molecular flexibility index (Phi) is 3.32. The zero-order valence-corrected chi connectivity index (χ0v) is 11.9. The van der Waals surface area contributed by atoms with Crippen molar-refractivity contribution in [3.05, 3.63) is 40.5 Å². The monoisotopic (exact) mass is 295 g/mol. The van der Waals surface area contributed by atoms with E-state index < -0.39 is 0 Å². The third kappa shape index (κ3) is 2.02. The van der Waals surface area contributed by atoms with Crippen LogP contribution < -0.4 is 4.90 Å². The highest BCUT2D eigenvalue weighted by molar-refractivity contribution is 9.10. The molecule has 0 aliphatic carbocycles. The van der Waals surface area contributed by atoms with Crippen molar-refractivity contribution < 1.29 is 5.11 Å². The van der Waals surface area contributed by atoms with E-state index in [4.69, 9.17) is 5.11 Å². The number of halogens is 1. The number of fused-ring (bicyclic) bond motifs is 1. The van der Waals surface area contributed by atoms with Gasteiger partial charge < -0.3 is 10.0 Å². The smallest absolute Gasteiger partial charge is 0.0461 e. The fraction of sp³-hybridized carbons (Fsp3) is 0.429. The molecule has 0 saturated carbocycles. The van der Waals surface area contributed by atoms with Crippen molar-refractivity contribution in [2.75, 3.05) is 18.1 Å². The zero-order valence-electron chi connectivity index (χ0n) is 10.3. The Balaban J connectivity index is 2.45. The highest BCUT2D eigenvalue weighted by Crippen LogP contribution is 2.47. The Morgan fingerprint density at radius 2 is 2.12 bits per heavy atom. The number of rotatable bonds is 3. The predicted molar refractivity (Wildman–Crippen MR) is 75.4 cm³/mol. The summed E-state index contributed by atoms with van der Waals surface area (Å²) in [4.78, 5) is 2.22. The third-order valence-corrected chi connectivity index (χ3v) is 4.00. The highest BCUT2D eigenvalue weighted by Gasteiger charge is 2.38. The Hall–Kier alpha value is -0.800. The van der Waals surface area contributed by atoms with Crippen LogP contribution in [0.4, 0.5) is 5.69 Å². The van der Waals surface area contributed by atoms with Crippen LogP contribution in [0.25, 0.3) is 0 Å². The van der Waals surface area contributed by atoms with E-state index >= 15 is 0 Å². The molecule has 0 radical (unpaired) electrons. The predicted octanol–water partition coefficient (Wildman–Crippen LogP) is 3.44. The average Bonchev–Trinajstić information content (AvgIpc) is 2.45. The van der Waals surface area contributed by atoms with Gasteiger partial charge in [-0.3, -0.25) is 0 Å². The SMILES string of the molecule is C=C1N(CCCO)c2cc(Br)ccc2C1(C)C. The minimum absolute atomic E-state index is 0.0223. The topological polar surface area (TPSA) is 23.5 Å². The van der Waals surface area contributed by atoms with Crippen LogP contribution in [0, 0.1) is 0 Å². The summed E-state index contributed by atoms with van der Waals surface area (Å²) >= 11 is 3.51. The lowest BCUT2D eigenvalue weighted by Gasteiger charge is -2.25. The molecule has 17 heavy (non-hydrogen) atoms. The number of anilines is 1. The van der Waals surface area contributed by atoms with Gasteiger partial charge in [0.05, 0.1) is 0 Å². The molecule has 1 aromatic rings. The van der Waals surface area contributed by atoms with Crippen molar-refractivity contribution in [3.8, 4) is 0 Å². The molecule has 1 aromatic carbocycles. The van der Waals surface area contributed by atoms with Crippen molar-refractivity contribution in [1.82, 2.24) is 0 Å². The first-order valence-corrected chi connectivity index (χ1v) is 6.65. The molecule has 3 heteroatoms. The number of hydrogen-bond donors (Lipinski definition) is 1. The Morgan fingerprint density at radius 1 is 1.41 bits per heavy atom. The lowest BCUT2D eigenvalue weighted by Crippen LogP contribution is -2.26. The molecular weight excluding hydrogens is 278 g/mol. The van der Waals surface area contributed by atoms with Gasteiger partial charge in [0.15, 0.2) is 0 Å². The van der Waals surface area contributed by atoms with E-state index in [1.165, 1.54) is 11.3 Å². The average molecular weight is 296 g/mol. The van der Waals surface area contributed by atoms with Crippen molar-refractivity contribution in [2.45, 2.75) is 25.7 Å². The lowest BCUT2D eigenvalue weighted by molar-refractivity contribution is 0.290. The molecular formula is C14H18BrNO. The molecule has 1 heterocycles. The summed E-state index contributed by atoms with van der Waals surface area (Å²) in [5.41, 5.74) is 3.61. The molecule has 0 unspecified atom stereocenters. The maximum absolute atomic E-state index is 8.98. The minimum atomic E-state index is -0.0223. The van der Waals surface area contributed by atoms with E-state index in [1.54, 1.807) is 0 Å². The lowest BCUT2D eigenvalue weighted by atomic mass is 9.84. The third-order valence-electron chi connectivity index (χ3n) is 3.51. The number of allylic oxidation sites excluding steroid dienone is 1. The van der Waals surface area contributed by atoms with Crippen LogP contribution in [-0.2, 0) is 5.41 Å². The summed E-state index contributed by atoms with van der Waals surface area (Å²) in [6.07, 6.45) is 0.765. The van der Waals surface area contributed by atoms with Crippen molar-refractivity contribution >= 4 is 21.6 Å². The summed E-state index contributed by atoms with van der Waals surface area (Å²) in [6, 6.07) is 6.36. The highest BCUT2D eigenvalue weighted by atomic mass is 79.9. The van der Waals surface area contributed by atoms with Gasteiger partial charge in [-0.15, -0.1) is 0 Å². The van der Waals surface area contributed by atoms with Gasteiger partial charge in [-0.2, -0.15) is 0 Å². The van der Waals surface area contributed by atoms with Crippen molar-refractivity contribution in [1.29, 1.82) is 0 Å². The number of aliphatic hydroxyl groups is 1. The van der Waals surface area contributed by atoms with Crippen LogP contribution >= 0.6 is 15.9 Å². The van der Waals surface area contributed by atoms with E-state index in [-0.39, 0.29) is 12.0 Å². The molecule has 2 rings (SSSR count). The quantitative estimate of drug-likeness (QED) is 0.923. The molecule has 92 valence electrons. The molecule has 0 fully saturated rings. The van der Waals surface area contributed by atoms with E-state index in [0.29, 0.717) is 0 Å². The van der Waals surface area contributed by atoms with E-state index in [2.05, 4.69) is 59.5 Å². The van der Waals surface area contributed by atoms with E-state index in [1.807, 2.05) is 0 Å². The van der Waals surface area contributed by atoms with Crippen molar-refractivity contribution in [2.24, 2.45) is 0 Å². The molecule has 2 nitrogen and oxygen atoms in total. The second-order valence-corrected chi connectivity index (χ2v) is 5.88. The van der Waals surface area contributed by atoms with Gasteiger partial charge >= 0.3 is 0 Å². The van der Waals surface area contributed by atoms with Gasteiger partial charge in [-0.25, -0.2) is 0 Å². The minimum Gasteiger partial charge on any atom is -0.396 e. The molecule has 1 aliphatic rings. The van der Waals surface area contributed by atoms with Crippen LogP contribution in [-0.4, -0.2) is 18.3 Å². The first-order chi connectivity index (χ1) is 7.98. The largest absolute Gasteiger partial charge is 0.396 e. The first-order valence-electron chi connectivity index (χ1n) is 5.86. The van der Waals surface area contributed by atoms with Gasteiger partial charge in [-0.1, -0.05) is 42.4 Å². The van der Waals surface area contributed by atoms with Crippen LogP contribution in [0.1, 0.15) is 25.8 Å². The van der Waals surface area contributed by atoms with Crippen LogP contribution in [0.3, 0.4) is 0 Å². The van der Waals surface area contributed by atoms with Crippen LogP contribution in [0.15, 0.2) is 34.9 Å². The van der Waals surface area contributed by atoms with Gasteiger partial charge in [-0.05, 0) is 24.1 Å². The molecule has 1 aliphatic heterocycles. The van der Waals surface area contributed by atoms with Gasteiger partial charge in [0.1, 0.15) is 0 Å². The number of nitrogens with zero attached hydrogens (tertiary/aromatic N) is 1. The Bertz CT molecular complexity index is 454. The second kappa shape index (κ2) is 4.46. The molecule has 0 atom stereocenters. The van der Waals surface area contributed by atoms with E-state index in [0.717, 1.165) is 23.1 Å². The summed E-state index contributed by atoms with van der Waals surface area (Å²) in [6.45, 7) is 9.64. The van der Waals surface area contributed by atoms with Gasteiger partial charge in [0, 0.05) is 34.4 Å². The van der Waals surface area contributed by atoms with Crippen LogP contribution in [0.5, 0.6) is 0 Å². The maximum Gasteiger partial charge on any atom is 0.0461 e. The van der Waals surface area contributed by atoms with Gasteiger partial charge in [0.25, 0.3) is 0 Å². The summed E-state index contributed by atoms with van der Waals surface area (Å²) in [5.74, 6) is 0. The fourth-order valence-corrected chi connectivity index (χ4v) is 2.73. The molecule has 0 aromatic heterocycles. The summed E-state index contributed by atoms with van der Waals surface area (Å²) in [7, 11) is 0. The molecule has 0 spiro atoms. The normalized spacial score (nSPS) is 17.4. The molecule has 0 saturated heterocycles. The second-order valence-electron chi connectivity index (χ2n) is 4.96. The Morgan fingerprint density at radius 3 is 2.76 bits per heavy atom. The fourth-order valence-electron chi connectivity index (χ4n) is 2.38. The van der Waals surface area contributed by atoms with Crippen LogP contribution in [0.2, 0.25) is 0 Å². The molecule has 0 bridgehead atoms. The van der Waals surface area contributed by atoms with Crippen molar-refractivity contribution in [3.63, 3.8) is 0 Å². The molecule has 0 amide bonds. The van der Waals surface area contributed by atoms with E-state index in [9.17, 15) is 0 Å². The maximum atomic E-state index is 8.98.